The van der Waals surface area contributed by atoms with Gasteiger partial charge < -0.3 is 4.74 Å². The molecule has 0 radical (unpaired) electrons. The summed E-state index contributed by atoms with van der Waals surface area (Å²) in [4.78, 5) is 11.5. The van der Waals surface area contributed by atoms with Crippen molar-refractivity contribution >= 4 is 53.1 Å². The Morgan fingerprint density at radius 1 is 0.558 bits per heavy atom. The number of nitrogens with one attached hydrogen (secondary N) is 3. The van der Waals surface area contributed by atoms with E-state index in [0.29, 0.717) is 29.2 Å². The van der Waals surface area contributed by atoms with Gasteiger partial charge in [0.2, 0.25) is 20.0 Å². The van der Waals surface area contributed by atoms with Crippen molar-refractivity contribution in [3.05, 3.63) is 121 Å². The summed E-state index contributed by atoms with van der Waals surface area (Å²) in [6.45, 7) is 2.03. The average Bonchev–Trinajstić information content (AvgIpc) is 2.94. The molecule has 14 heteroatoms. The summed E-state index contributed by atoms with van der Waals surface area (Å²) in [6.07, 6.45) is 2.19. The van der Waals surface area contributed by atoms with E-state index in [4.69, 9.17) is 4.74 Å². The quantitative estimate of drug-likeness (QED) is 0.219. The van der Waals surface area contributed by atoms with Crippen LogP contribution in [-0.2, 0) is 34.8 Å². The second kappa shape index (κ2) is 16.3. The third-order valence-electron chi connectivity index (χ3n) is 4.86. The minimum atomic E-state index is -3.46. The van der Waals surface area contributed by atoms with E-state index >= 15 is 0 Å². The van der Waals surface area contributed by atoms with Gasteiger partial charge in [0.25, 0.3) is 10.0 Å². The Labute approximate surface area is 253 Å². The van der Waals surface area contributed by atoms with Crippen LogP contribution in [0.25, 0.3) is 0 Å². The SMILES string of the molecule is CCOC(=O)c1ccc(NS(C)(=O)=O)cc1.CS(=O)(=O)Nc1ccccc1.O=S(=O)(Nc1ccccc1)c1ccccc1. The molecule has 0 atom stereocenters. The van der Waals surface area contributed by atoms with Crippen LogP contribution in [0.3, 0.4) is 0 Å². The topological polar surface area (TPSA) is 165 Å². The van der Waals surface area contributed by atoms with Crippen LogP contribution >= 0.6 is 0 Å². The smallest absolute Gasteiger partial charge is 0.338 e. The fraction of sp³-hybridized carbons (Fsp3) is 0.138. The van der Waals surface area contributed by atoms with Crippen molar-refractivity contribution in [3.8, 4) is 0 Å². The molecule has 0 heterocycles. The molecule has 43 heavy (non-hydrogen) atoms. The van der Waals surface area contributed by atoms with Gasteiger partial charge in [-0.05, 0) is 67.6 Å². The molecule has 0 aromatic heterocycles. The lowest BCUT2D eigenvalue weighted by atomic mass is 10.2. The van der Waals surface area contributed by atoms with Crippen molar-refractivity contribution < 1.29 is 34.8 Å². The largest absolute Gasteiger partial charge is 0.462 e. The van der Waals surface area contributed by atoms with Crippen molar-refractivity contribution in [2.45, 2.75) is 11.8 Å². The van der Waals surface area contributed by atoms with Crippen LogP contribution in [0.4, 0.5) is 17.1 Å². The fourth-order valence-electron chi connectivity index (χ4n) is 3.14. The number of para-hydroxylation sites is 2. The molecule has 0 bridgehead atoms. The summed E-state index contributed by atoms with van der Waals surface area (Å²) < 4.78 is 78.9. The van der Waals surface area contributed by atoms with E-state index in [1.807, 2.05) is 12.1 Å². The van der Waals surface area contributed by atoms with Crippen LogP contribution in [0.15, 0.2) is 120 Å². The maximum absolute atomic E-state index is 11.9. The number of rotatable bonds is 9. The molecule has 4 aromatic carbocycles. The first-order valence-corrected chi connectivity index (χ1v) is 17.9. The Balaban J connectivity index is 0.000000230. The van der Waals surface area contributed by atoms with Crippen molar-refractivity contribution in [1.29, 1.82) is 0 Å². The van der Waals surface area contributed by atoms with Gasteiger partial charge in [-0.2, -0.15) is 0 Å². The molecule has 0 unspecified atom stereocenters. The Kier molecular flexibility index (Phi) is 13.2. The lowest BCUT2D eigenvalue weighted by Gasteiger charge is -2.07. The number of hydrogen-bond acceptors (Lipinski definition) is 8. The molecular formula is C29H33N3O8S3. The number of carbonyl (C=O) groups excluding carboxylic acids is 1. The fourth-order valence-corrected chi connectivity index (χ4v) is 5.35. The first kappa shape index (κ1) is 34.8. The third-order valence-corrected chi connectivity index (χ3v) is 7.47. The molecule has 0 aliphatic heterocycles. The zero-order chi connectivity index (χ0) is 31.9. The minimum Gasteiger partial charge on any atom is -0.462 e. The average molecular weight is 648 g/mol. The number of sulfonamides is 3. The van der Waals surface area contributed by atoms with E-state index < -0.39 is 36.0 Å². The summed E-state index contributed by atoms with van der Waals surface area (Å²) in [5.74, 6) is -0.423. The predicted molar refractivity (Wildman–Crippen MR) is 169 cm³/mol. The number of ether oxygens (including phenoxy) is 1. The lowest BCUT2D eigenvalue weighted by molar-refractivity contribution is 0.0526. The highest BCUT2D eigenvalue weighted by Gasteiger charge is 2.12. The normalized spacial score (nSPS) is 11.0. The van der Waals surface area contributed by atoms with Crippen LogP contribution in [0.5, 0.6) is 0 Å². The Bertz CT molecular complexity index is 1750. The van der Waals surface area contributed by atoms with Gasteiger partial charge in [-0.3, -0.25) is 14.2 Å². The molecule has 230 valence electrons. The van der Waals surface area contributed by atoms with E-state index in [9.17, 15) is 30.0 Å². The molecular weight excluding hydrogens is 615 g/mol. The predicted octanol–water partition coefficient (Wildman–Crippen LogP) is 4.78. The molecule has 4 aromatic rings. The van der Waals surface area contributed by atoms with Crippen LogP contribution in [-0.4, -0.2) is 50.3 Å². The van der Waals surface area contributed by atoms with Crippen LogP contribution in [0.2, 0.25) is 0 Å². The third kappa shape index (κ3) is 14.4. The first-order chi connectivity index (χ1) is 20.2. The highest BCUT2D eigenvalue weighted by atomic mass is 32.2. The molecule has 0 amide bonds. The summed E-state index contributed by atoms with van der Waals surface area (Å²) in [6, 6.07) is 31.9. The van der Waals surface area contributed by atoms with Crippen molar-refractivity contribution in [1.82, 2.24) is 0 Å². The summed E-state index contributed by atoms with van der Waals surface area (Å²) in [7, 11) is -9.88. The van der Waals surface area contributed by atoms with E-state index in [-0.39, 0.29) is 4.90 Å². The Morgan fingerprint density at radius 3 is 1.33 bits per heavy atom. The zero-order valence-corrected chi connectivity index (χ0v) is 26.1. The van der Waals surface area contributed by atoms with E-state index in [0.717, 1.165) is 12.5 Å². The standard InChI is InChI=1S/C12H11NO2S.C10H13NO4S.C7H9NO2S/c14-16(15,12-9-5-2-6-10-12)13-11-7-3-1-4-8-11;1-3-15-10(12)8-4-6-9(7-5-8)11-16(2,13)14;1-11(9,10)8-7-5-3-2-4-6-7/h1-10,13H;4-7,11H,3H2,1-2H3;2-6,8H,1H3. The second-order valence-electron chi connectivity index (χ2n) is 8.70. The van der Waals surface area contributed by atoms with Crippen molar-refractivity contribution in [2.24, 2.45) is 0 Å². The van der Waals surface area contributed by atoms with E-state index in [1.165, 1.54) is 24.3 Å². The number of hydrogen-bond donors (Lipinski definition) is 3. The van der Waals surface area contributed by atoms with Gasteiger partial charge in [-0.15, -0.1) is 0 Å². The van der Waals surface area contributed by atoms with Crippen molar-refractivity contribution in [3.63, 3.8) is 0 Å². The van der Waals surface area contributed by atoms with E-state index in [2.05, 4.69) is 14.2 Å². The van der Waals surface area contributed by atoms with Gasteiger partial charge in [-0.25, -0.2) is 30.0 Å². The number of benzene rings is 4. The molecule has 0 saturated carbocycles. The van der Waals surface area contributed by atoms with Crippen LogP contribution < -0.4 is 14.2 Å². The first-order valence-electron chi connectivity index (χ1n) is 12.6. The van der Waals surface area contributed by atoms with Crippen molar-refractivity contribution in [2.75, 3.05) is 33.3 Å². The molecule has 0 aliphatic rings. The molecule has 0 fully saturated rings. The summed E-state index contributed by atoms with van der Waals surface area (Å²) >= 11 is 0. The van der Waals surface area contributed by atoms with Gasteiger partial charge in [0.05, 0.1) is 29.6 Å². The lowest BCUT2D eigenvalue weighted by Crippen LogP contribution is -2.12. The minimum absolute atomic E-state index is 0.263. The molecule has 11 nitrogen and oxygen atoms in total. The zero-order valence-electron chi connectivity index (χ0n) is 23.7. The van der Waals surface area contributed by atoms with Crippen LogP contribution in [0.1, 0.15) is 17.3 Å². The summed E-state index contributed by atoms with van der Waals surface area (Å²) in [5, 5.41) is 0. The van der Waals surface area contributed by atoms with Gasteiger partial charge in [0, 0.05) is 17.1 Å². The Hall–Kier alpha value is -4.40. The molecule has 4 rings (SSSR count). The number of carbonyl (C=O) groups is 1. The second-order valence-corrected chi connectivity index (χ2v) is 13.9. The molecule has 0 saturated heterocycles. The Morgan fingerprint density at radius 2 is 0.930 bits per heavy atom. The molecule has 0 aliphatic carbocycles. The number of anilines is 3. The maximum Gasteiger partial charge on any atom is 0.338 e. The van der Waals surface area contributed by atoms with Gasteiger partial charge >= 0.3 is 5.97 Å². The highest BCUT2D eigenvalue weighted by molar-refractivity contribution is 7.93. The van der Waals surface area contributed by atoms with E-state index in [1.54, 1.807) is 85.8 Å². The number of esters is 1. The maximum atomic E-state index is 11.9. The highest BCUT2D eigenvalue weighted by Crippen LogP contribution is 2.15. The molecule has 3 N–H and O–H groups in total. The molecule has 0 spiro atoms. The van der Waals surface area contributed by atoms with Gasteiger partial charge in [-0.1, -0.05) is 54.6 Å². The summed E-state index contributed by atoms with van der Waals surface area (Å²) in [5.41, 5.74) is 1.96. The van der Waals surface area contributed by atoms with Gasteiger partial charge in [0.15, 0.2) is 0 Å². The van der Waals surface area contributed by atoms with Gasteiger partial charge in [0.1, 0.15) is 0 Å². The monoisotopic (exact) mass is 647 g/mol. The van der Waals surface area contributed by atoms with Crippen LogP contribution in [0, 0.1) is 0 Å².